The van der Waals surface area contributed by atoms with Gasteiger partial charge in [-0.3, -0.25) is 39.2 Å². The SMILES string of the molecule is N=C(N)NCCC[C@H](N)C(=O)O.NC(=O)C[C@H](N)C(=O)O.Nc1nc2ncc(CNc3ccc(C(=O)NC(CCC(=O)O)C(=O)O)cc3)nc2c(=O)[nH]1. The van der Waals surface area contributed by atoms with Gasteiger partial charge in [-0.1, -0.05) is 0 Å². The molecule has 2 amide bonds. The fourth-order valence-corrected chi connectivity index (χ4v) is 3.73. The topological polar surface area (TPSA) is 445 Å². The number of hydrogen-bond acceptors (Lipinski definition) is 15. The lowest BCUT2D eigenvalue weighted by atomic mass is 10.1. The predicted octanol–water partition coefficient (Wildman–Crippen LogP) is -3.11. The summed E-state index contributed by atoms with van der Waals surface area (Å²) in [5.41, 5.74) is 26.3. The van der Waals surface area contributed by atoms with E-state index in [9.17, 15) is 33.6 Å². The van der Waals surface area contributed by atoms with Crippen molar-refractivity contribution in [2.45, 2.75) is 56.8 Å². The molecule has 0 aliphatic heterocycles. The molecule has 0 spiro atoms. The van der Waals surface area contributed by atoms with Crippen LogP contribution in [-0.2, 0) is 30.5 Å². The number of carbonyl (C=O) groups is 6. The van der Waals surface area contributed by atoms with E-state index in [1.165, 1.54) is 18.3 Å². The van der Waals surface area contributed by atoms with Crippen LogP contribution in [0.3, 0.4) is 0 Å². The number of H-pyrrole nitrogens is 1. The van der Waals surface area contributed by atoms with Gasteiger partial charge in [-0.2, -0.15) is 4.98 Å². The summed E-state index contributed by atoms with van der Waals surface area (Å²) in [6, 6.07) is 2.88. The maximum Gasteiger partial charge on any atom is 0.326 e. The molecular weight excluding hydrogens is 706 g/mol. The second-order valence-electron chi connectivity index (χ2n) is 10.8. The number of amides is 2. The number of aromatic amines is 1. The van der Waals surface area contributed by atoms with Gasteiger partial charge < -0.3 is 65.0 Å². The van der Waals surface area contributed by atoms with Gasteiger partial charge in [-0.25, -0.2) is 14.8 Å². The minimum Gasteiger partial charge on any atom is -0.481 e. The molecule has 288 valence electrons. The molecule has 53 heavy (non-hydrogen) atoms. The second-order valence-corrected chi connectivity index (χ2v) is 10.8. The largest absolute Gasteiger partial charge is 0.481 e. The Morgan fingerprint density at radius 2 is 1.51 bits per heavy atom. The van der Waals surface area contributed by atoms with Crippen LogP contribution in [0.1, 0.15) is 48.2 Å². The summed E-state index contributed by atoms with van der Waals surface area (Å²) in [5, 5.41) is 49.0. The molecule has 3 rings (SSSR count). The van der Waals surface area contributed by atoms with Crippen molar-refractivity contribution in [3.05, 3.63) is 52.1 Å². The highest BCUT2D eigenvalue weighted by atomic mass is 16.4. The molecule has 0 aliphatic carbocycles. The van der Waals surface area contributed by atoms with Gasteiger partial charge in [0.05, 0.1) is 24.9 Å². The summed E-state index contributed by atoms with van der Waals surface area (Å²) >= 11 is 0. The predicted molar refractivity (Wildman–Crippen MR) is 186 cm³/mol. The summed E-state index contributed by atoms with van der Waals surface area (Å²) in [5.74, 6) is -6.19. The van der Waals surface area contributed by atoms with Gasteiger partial charge in [-0.15, -0.1) is 0 Å². The van der Waals surface area contributed by atoms with Gasteiger partial charge in [-0.05, 0) is 43.5 Å². The molecule has 0 fully saturated rings. The fraction of sp³-hybridized carbons (Fsp3) is 0.345. The molecule has 2 heterocycles. The molecule has 24 heteroatoms. The van der Waals surface area contributed by atoms with Gasteiger partial charge >= 0.3 is 23.9 Å². The number of fused-ring (bicyclic) bond motifs is 1. The number of nitrogens with two attached hydrogens (primary N) is 5. The van der Waals surface area contributed by atoms with Crippen LogP contribution in [-0.4, -0.2) is 107 Å². The third-order valence-electron chi connectivity index (χ3n) is 6.42. The van der Waals surface area contributed by atoms with Gasteiger partial charge in [0.1, 0.15) is 18.1 Å². The number of aromatic nitrogens is 4. The van der Waals surface area contributed by atoms with Crippen LogP contribution in [0.5, 0.6) is 0 Å². The van der Waals surface area contributed by atoms with Crippen LogP contribution in [0, 0.1) is 5.41 Å². The van der Waals surface area contributed by atoms with Crippen LogP contribution in [0.25, 0.3) is 11.2 Å². The first-order valence-corrected chi connectivity index (χ1v) is 15.2. The number of guanidine groups is 1. The standard InChI is InChI=1S/C19H19N7O6.C6H14N4O2.C4H8N2O3/c20-19-25-15-14(17(30)26-19)23-11(8-22-15)7-21-10-3-1-9(2-4-10)16(29)24-12(18(31)32)5-6-13(27)28;7-4(5(11)12)2-1-3-10-6(8)9;5-2(4(8)9)1-3(6)7/h1-4,8,12,21H,5-7H2,(H,24,29)(H,27,28)(H,31,32)(H3,20,22,25,26,30);4H,1-3,7H2,(H,11,12)(H4,8,9,10);2H,1,5H2,(H2,6,7)(H,8,9)/t;4-;2-/m.00/s1. The molecule has 1 aromatic carbocycles. The van der Waals surface area contributed by atoms with Crippen molar-refractivity contribution >= 4 is 64.5 Å². The van der Waals surface area contributed by atoms with E-state index in [0.717, 1.165) is 0 Å². The van der Waals surface area contributed by atoms with Crippen molar-refractivity contribution in [2.24, 2.45) is 22.9 Å². The zero-order valence-electron chi connectivity index (χ0n) is 27.9. The fourth-order valence-electron chi connectivity index (χ4n) is 3.73. The van der Waals surface area contributed by atoms with E-state index < -0.39 is 59.4 Å². The van der Waals surface area contributed by atoms with Crippen molar-refractivity contribution in [3.8, 4) is 0 Å². The average molecular weight is 748 g/mol. The maximum atomic E-state index is 12.3. The number of carboxylic acids is 4. The first-order chi connectivity index (χ1) is 24.8. The molecule has 0 saturated carbocycles. The molecule has 2 aromatic heterocycles. The van der Waals surface area contributed by atoms with Crippen molar-refractivity contribution in [2.75, 3.05) is 17.6 Å². The average Bonchev–Trinajstić information content (AvgIpc) is 3.07. The van der Waals surface area contributed by atoms with Gasteiger partial charge in [0.25, 0.3) is 11.5 Å². The smallest absolute Gasteiger partial charge is 0.326 e. The van der Waals surface area contributed by atoms with Crippen LogP contribution in [0.4, 0.5) is 11.6 Å². The molecule has 19 N–H and O–H groups in total. The third-order valence-corrected chi connectivity index (χ3v) is 6.42. The van der Waals surface area contributed by atoms with Crippen LogP contribution in [0.15, 0.2) is 35.3 Å². The number of carboxylic acid groups (broad SMARTS) is 4. The van der Waals surface area contributed by atoms with E-state index in [-0.39, 0.29) is 54.4 Å². The van der Waals surface area contributed by atoms with Crippen molar-refractivity contribution in [1.82, 2.24) is 30.6 Å². The molecule has 3 aromatic rings. The first-order valence-electron chi connectivity index (χ1n) is 15.2. The molecule has 0 aliphatic rings. The molecule has 0 bridgehead atoms. The molecule has 3 atom stereocenters. The minimum atomic E-state index is -1.31. The number of carbonyl (C=O) groups excluding carboxylic acids is 2. The third kappa shape index (κ3) is 17.5. The number of benzene rings is 1. The summed E-state index contributed by atoms with van der Waals surface area (Å²) in [6.45, 7) is 0.713. The molecule has 0 radical (unpaired) electrons. The Bertz CT molecular complexity index is 1820. The molecule has 24 nitrogen and oxygen atoms in total. The summed E-state index contributed by atoms with van der Waals surface area (Å²) in [4.78, 5) is 90.7. The van der Waals surface area contributed by atoms with Crippen LogP contribution < -0.4 is 50.2 Å². The Morgan fingerprint density at radius 1 is 0.887 bits per heavy atom. The highest BCUT2D eigenvalue weighted by molar-refractivity contribution is 5.97. The highest BCUT2D eigenvalue weighted by Gasteiger charge is 2.21. The lowest BCUT2D eigenvalue weighted by Gasteiger charge is -2.14. The van der Waals surface area contributed by atoms with Crippen molar-refractivity contribution < 1.29 is 49.2 Å². The Balaban J connectivity index is 0.000000548. The van der Waals surface area contributed by atoms with E-state index in [1.54, 1.807) is 12.1 Å². The van der Waals surface area contributed by atoms with E-state index in [0.29, 0.717) is 30.8 Å². The quantitative estimate of drug-likeness (QED) is 0.0369. The number of aliphatic carboxylic acids is 4. The van der Waals surface area contributed by atoms with Crippen molar-refractivity contribution in [1.29, 1.82) is 5.41 Å². The Kier molecular flexibility index (Phi) is 18.3. The van der Waals surface area contributed by atoms with Gasteiger partial charge in [0, 0.05) is 24.2 Å². The number of rotatable bonds is 17. The summed E-state index contributed by atoms with van der Waals surface area (Å²) < 4.78 is 0. The summed E-state index contributed by atoms with van der Waals surface area (Å²) in [7, 11) is 0. The van der Waals surface area contributed by atoms with E-state index in [2.05, 4.69) is 41.6 Å². The number of anilines is 2. The zero-order chi connectivity index (χ0) is 40.2. The number of nitrogen functional groups attached to an aromatic ring is 1. The summed E-state index contributed by atoms with van der Waals surface area (Å²) in [6.07, 6.45) is 1.51. The monoisotopic (exact) mass is 747 g/mol. The number of hydrogen-bond donors (Lipinski definition) is 14. The highest BCUT2D eigenvalue weighted by Crippen LogP contribution is 2.12. The second kappa shape index (κ2) is 22.0. The minimum absolute atomic E-state index is 0.0524. The zero-order valence-corrected chi connectivity index (χ0v) is 27.9. The van der Waals surface area contributed by atoms with E-state index in [4.69, 9.17) is 48.8 Å². The van der Waals surface area contributed by atoms with E-state index >= 15 is 0 Å². The first kappa shape index (κ1) is 44.1. The van der Waals surface area contributed by atoms with E-state index in [1.807, 2.05) is 0 Å². The van der Waals surface area contributed by atoms with Crippen LogP contribution in [0.2, 0.25) is 0 Å². The normalized spacial score (nSPS) is 11.9. The Labute approximate surface area is 299 Å². The van der Waals surface area contributed by atoms with Gasteiger partial charge in [0.15, 0.2) is 17.1 Å². The molecule has 1 unspecified atom stereocenters. The maximum absolute atomic E-state index is 12.3. The van der Waals surface area contributed by atoms with Gasteiger partial charge in [0.2, 0.25) is 11.9 Å². The number of primary amides is 1. The molecular formula is C29H41N13O11. The van der Waals surface area contributed by atoms with Crippen LogP contribution >= 0.6 is 0 Å². The Hall–Kier alpha value is -6.95. The number of nitrogens with zero attached hydrogens (tertiary/aromatic N) is 3. The Morgan fingerprint density at radius 3 is 2.02 bits per heavy atom. The lowest BCUT2D eigenvalue weighted by molar-refractivity contribution is -0.141. The molecule has 0 saturated heterocycles. The van der Waals surface area contributed by atoms with Crippen molar-refractivity contribution in [3.63, 3.8) is 0 Å². The number of nitrogens with one attached hydrogen (secondary N) is 5. The lowest BCUT2D eigenvalue weighted by Crippen LogP contribution is -2.41.